The zero-order valence-electron chi connectivity index (χ0n) is 9.75. The molecule has 1 aliphatic carbocycles. The Morgan fingerprint density at radius 2 is 1.94 bits per heavy atom. The third-order valence-electron chi connectivity index (χ3n) is 3.08. The molecule has 0 spiro atoms. The summed E-state index contributed by atoms with van der Waals surface area (Å²) in [4.78, 5) is 22.7. The minimum Gasteiger partial charge on any atom is -0.465 e. The van der Waals surface area contributed by atoms with Crippen molar-refractivity contribution in [2.75, 3.05) is 6.61 Å². The van der Waals surface area contributed by atoms with Crippen LogP contribution < -0.4 is 5.73 Å². The minimum absolute atomic E-state index is 0.124. The lowest BCUT2D eigenvalue weighted by molar-refractivity contribution is -0.156. The van der Waals surface area contributed by atoms with E-state index in [-0.39, 0.29) is 32.3 Å². The fourth-order valence-electron chi connectivity index (χ4n) is 2.17. The van der Waals surface area contributed by atoms with Gasteiger partial charge in [-0.2, -0.15) is 0 Å². The molecule has 1 rings (SSSR count). The molecule has 1 amide bonds. The van der Waals surface area contributed by atoms with E-state index in [1.54, 1.807) is 6.92 Å². The first-order valence-corrected chi connectivity index (χ1v) is 5.71. The predicted molar refractivity (Wildman–Crippen MR) is 56.2 cm³/mol. The third-order valence-corrected chi connectivity index (χ3v) is 3.08. The van der Waals surface area contributed by atoms with Gasteiger partial charge in [0.25, 0.3) is 0 Å². The van der Waals surface area contributed by atoms with Crippen molar-refractivity contribution in [2.45, 2.75) is 38.5 Å². The second-order valence-electron chi connectivity index (χ2n) is 4.33. The van der Waals surface area contributed by atoms with Gasteiger partial charge in [0.05, 0.1) is 6.61 Å². The zero-order chi connectivity index (χ0) is 13.1. The maximum Gasteiger partial charge on any atom is 0.318 e. The molecule has 98 valence electrons. The number of primary amides is 1. The van der Waals surface area contributed by atoms with Gasteiger partial charge in [-0.05, 0) is 25.7 Å². The Balaban J connectivity index is 2.67. The van der Waals surface area contributed by atoms with Crippen molar-refractivity contribution in [2.24, 2.45) is 17.6 Å². The van der Waals surface area contributed by atoms with Gasteiger partial charge < -0.3 is 10.5 Å². The Hall–Kier alpha value is -1.20. The molecule has 0 radical (unpaired) electrons. The number of halogens is 2. The van der Waals surface area contributed by atoms with Crippen LogP contribution in [0.4, 0.5) is 8.78 Å². The molecule has 1 fully saturated rings. The highest BCUT2D eigenvalue weighted by atomic mass is 19.3. The van der Waals surface area contributed by atoms with Gasteiger partial charge >= 0.3 is 5.97 Å². The molecule has 1 unspecified atom stereocenters. The van der Waals surface area contributed by atoms with Gasteiger partial charge in [0, 0.05) is 12.8 Å². The minimum atomic E-state index is -2.69. The SMILES string of the molecule is CCOC(=O)C(C(N)=O)C1CCC(F)(F)CC1. The number of ether oxygens (including phenoxy) is 1. The Morgan fingerprint density at radius 3 is 2.35 bits per heavy atom. The lowest BCUT2D eigenvalue weighted by atomic mass is 9.78. The van der Waals surface area contributed by atoms with Crippen LogP contribution in [-0.2, 0) is 14.3 Å². The number of amides is 1. The third kappa shape index (κ3) is 3.64. The molecule has 0 aromatic heterocycles. The van der Waals surface area contributed by atoms with Crippen LogP contribution in [0.5, 0.6) is 0 Å². The molecule has 1 saturated carbocycles. The second-order valence-corrected chi connectivity index (χ2v) is 4.33. The molecule has 1 atom stereocenters. The van der Waals surface area contributed by atoms with E-state index in [4.69, 9.17) is 10.5 Å². The summed E-state index contributed by atoms with van der Waals surface area (Å²) < 4.78 is 30.7. The highest BCUT2D eigenvalue weighted by molar-refractivity contribution is 5.97. The van der Waals surface area contributed by atoms with Crippen LogP contribution in [0.3, 0.4) is 0 Å². The molecule has 0 saturated heterocycles. The van der Waals surface area contributed by atoms with E-state index in [0.717, 1.165) is 0 Å². The monoisotopic (exact) mass is 249 g/mol. The largest absolute Gasteiger partial charge is 0.465 e. The summed E-state index contributed by atoms with van der Waals surface area (Å²) in [6.45, 7) is 1.76. The standard InChI is InChI=1S/C11H17F2NO3/c1-2-17-10(16)8(9(14)15)7-3-5-11(12,13)6-4-7/h7-8H,2-6H2,1H3,(H2,14,15). The van der Waals surface area contributed by atoms with E-state index in [2.05, 4.69) is 0 Å². The van der Waals surface area contributed by atoms with Crippen LogP contribution in [0, 0.1) is 11.8 Å². The van der Waals surface area contributed by atoms with Crippen LogP contribution in [0.1, 0.15) is 32.6 Å². The summed E-state index contributed by atoms with van der Waals surface area (Å²) in [6, 6.07) is 0. The second kappa shape index (κ2) is 5.42. The molecular formula is C11H17F2NO3. The summed E-state index contributed by atoms with van der Waals surface area (Å²) in [6.07, 6.45) is -0.361. The fourth-order valence-corrected chi connectivity index (χ4v) is 2.17. The van der Waals surface area contributed by atoms with E-state index in [1.165, 1.54) is 0 Å². The zero-order valence-corrected chi connectivity index (χ0v) is 9.75. The number of hydrogen-bond acceptors (Lipinski definition) is 3. The molecule has 1 aliphatic rings. The first kappa shape index (κ1) is 13.9. The normalized spacial score (nSPS) is 21.8. The topological polar surface area (TPSA) is 69.4 Å². The molecule has 0 heterocycles. The number of carbonyl (C=O) groups excluding carboxylic acids is 2. The van der Waals surface area contributed by atoms with Gasteiger partial charge in [-0.3, -0.25) is 9.59 Å². The van der Waals surface area contributed by atoms with Crippen molar-refractivity contribution in [1.82, 2.24) is 0 Å². The predicted octanol–water partition coefficient (Wildman–Crippen LogP) is 1.48. The molecule has 17 heavy (non-hydrogen) atoms. The Bertz CT molecular complexity index is 297. The number of esters is 1. The van der Waals surface area contributed by atoms with E-state index in [9.17, 15) is 18.4 Å². The van der Waals surface area contributed by atoms with E-state index in [1.807, 2.05) is 0 Å². The summed E-state index contributed by atoms with van der Waals surface area (Å²) in [7, 11) is 0. The van der Waals surface area contributed by atoms with Crippen molar-refractivity contribution in [3.8, 4) is 0 Å². The van der Waals surface area contributed by atoms with Crippen molar-refractivity contribution in [3.05, 3.63) is 0 Å². The fraction of sp³-hybridized carbons (Fsp3) is 0.818. The van der Waals surface area contributed by atoms with Crippen molar-refractivity contribution in [3.63, 3.8) is 0 Å². The molecule has 0 aromatic carbocycles. The Morgan fingerprint density at radius 1 is 1.41 bits per heavy atom. The summed E-state index contributed by atoms with van der Waals surface area (Å²) in [5, 5.41) is 0. The van der Waals surface area contributed by atoms with Gasteiger partial charge in [-0.1, -0.05) is 0 Å². The van der Waals surface area contributed by atoms with Crippen LogP contribution >= 0.6 is 0 Å². The molecule has 0 bridgehead atoms. The number of alkyl halides is 2. The molecule has 6 heteroatoms. The van der Waals surface area contributed by atoms with Gasteiger partial charge in [0.2, 0.25) is 11.8 Å². The maximum atomic E-state index is 13.0. The number of nitrogens with two attached hydrogens (primary N) is 1. The highest BCUT2D eigenvalue weighted by Gasteiger charge is 2.42. The van der Waals surface area contributed by atoms with Gasteiger partial charge in [0.15, 0.2) is 0 Å². The van der Waals surface area contributed by atoms with Crippen LogP contribution in [0.2, 0.25) is 0 Å². The van der Waals surface area contributed by atoms with E-state index < -0.39 is 29.6 Å². The van der Waals surface area contributed by atoms with Gasteiger partial charge in [-0.25, -0.2) is 8.78 Å². The first-order chi connectivity index (χ1) is 7.87. The quantitative estimate of drug-likeness (QED) is 0.606. The number of rotatable bonds is 4. The first-order valence-electron chi connectivity index (χ1n) is 5.71. The van der Waals surface area contributed by atoms with Crippen LogP contribution in [0.25, 0.3) is 0 Å². The number of carbonyl (C=O) groups is 2. The average molecular weight is 249 g/mol. The van der Waals surface area contributed by atoms with Crippen LogP contribution in [-0.4, -0.2) is 24.4 Å². The van der Waals surface area contributed by atoms with Crippen molar-refractivity contribution >= 4 is 11.9 Å². The summed E-state index contributed by atoms with van der Waals surface area (Å²) in [5.74, 6) is -5.70. The van der Waals surface area contributed by atoms with E-state index >= 15 is 0 Å². The van der Waals surface area contributed by atoms with E-state index in [0.29, 0.717) is 0 Å². The molecule has 2 N–H and O–H groups in total. The van der Waals surface area contributed by atoms with Crippen LogP contribution in [0.15, 0.2) is 0 Å². The number of hydrogen-bond donors (Lipinski definition) is 1. The Labute approximate surface area is 98.5 Å². The smallest absolute Gasteiger partial charge is 0.318 e. The molecule has 0 aromatic rings. The Kier molecular flexibility index (Phi) is 4.42. The summed E-state index contributed by atoms with van der Waals surface area (Å²) in [5.41, 5.74) is 5.14. The van der Waals surface area contributed by atoms with Gasteiger partial charge in [0.1, 0.15) is 5.92 Å². The average Bonchev–Trinajstić information content (AvgIpc) is 2.21. The highest BCUT2D eigenvalue weighted by Crippen LogP contribution is 2.39. The maximum absolute atomic E-state index is 13.0. The molecule has 4 nitrogen and oxygen atoms in total. The van der Waals surface area contributed by atoms with Crippen molar-refractivity contribution < 1.29 is 23.1 Å². The summed E-state index contributed by atoms with van der Waals surface area (Å²) >= 11 is 0. The molecular weight excluding hydrogens is 232 g/mol. The van der Waals surface area contributed by atoms with Gasteiger partial charge in [-0.15, -0.1) is 0 Å². The molecule has 0 aliphatic heterocycles. The lowest BCUT2D eigenvalue weighted by Crippen LogP contribution is -2.40. The lowest BCUT2D eigenvalue weighted by Gasteiger charge is -2.31. The van der Waals surface area contributed by atoms with Crippen molar-refractivity contribution in [1.29, 1.82) is 0 Å².